The van der Waals surface area contributed by atoms with E-state index in [1.54, 1.807) is 0 Å². The van der Waals surface area contributed by atoms with Crippen molar-refractivity contribution in [2.45, 2.75) is 205 Å². The highest BCUT2D eigenvalue weighted by atomic mass is 16.3. The van der Waals surface area contributed by atoms with Crippen molar-refractivity contribution in [3.8, 4) is 0 Å². The van der Waals surface area contributed by atoms with Crippen molar-refractivity contribution in [3.63, 3.8) is 0 Å². The quantitative estimate of drug-likeness (QED) is 0.0644. The van der Waals surface area contributed by atoms with Crippen molar-refractivity contribution in [1.29, 1.82) is 0 Å². The number of nitrogens with one attached hydrogen (secondary N) is 1. The second-order valence-electron chi connectivity index (χ2n) is 12.1. The molecule has 0 saturated carbocycles. The Balaban J connectivity index is 3.63. The first-order valence-corrected chi connectivity index (χ1v) is 17.3. The summed E-state index contributed by atoms with van der Waals surface area (Å²) in [6.45, 7) is 4.18. The van der Waals surface area contributed by atoms with Crippen molar-refractivity contribution in [1.82, 2.24) is 5.32 Å². The van der Waals surface area contributed by atoms with Crippen LogP contribution in [0.5, 0.6) is 0 Å². The maximum atomic E-state index is 12.3. The highest BCUT2D eigenvalue weighted by Crippen LogP contribution is 2.15. The number of unbranched alkanes of at least 4 members (excludes halogenated alkanes) is 23. The molecule has 39 heavy (non-hydrogen) atoms. The molecular formula is C34H69NO4. The van der Waals surface area contributed by atoms with Crippen molar-refractivity contribution in [2.24, 2.45) is 0 Å². The SMILES string of the molecule is CCCCCCCCCCCCCCCCCCCC(O)C(CO)NC(=O)C(O)CCCCCCCCCC. The van der Waals surface area contributed by atoms with Crippen LogP contribution in [0.2, 0.25) is 0 Å². The molecule has 3 unspecified atom stereocenters. The van der Waals surface area contributed by atoms with Gasteiger partial charge in [-0.2, -0.15) is 0 Å². The van der Waals surface area contributed by atoms with Gasteiger partial charge in [0.1, 0.15) is 6.10 Å². The third-order valence-electron chi connectivity index (χ3n) is 8.23. The summed E-state index contributed by atoms with van der Waals surface area (Å²) in [6, 6.07) is -0.702. The Morgan fingerprint density at radius 2 is 0.821 bits per heavy atom. The first-order valence-electron chi connectivity index (χ1n) is 17.3. The van der Waals surface area contributed by atoms with Crippen LogP contribution < -0.4 is 5.32 Å². The van der Waals surface area contributed by atoms with E-state index in [0.717, 1.165) is 32.1 Å². The van der Waals surface area contributed by atoms with Gasteiger partial charge in [0.25, 0.3) is 0 Å². The molecule has 0 rings (SSSR count). The van der Waals surface area contributed by atoms with Gasteiger partial charge in [0.2, 0.25) is 5.91 Å². The van der Waals surface area contributed by atoms with Crippen LogP contribution in [0.25, 0.3) is 0 Å². The smallest absolute Gasteiger partial charge is 0.249 e. The molecule has 234 valence electrons. The topological polar surface area (TPSA) is 89.8 Å². The standard InChI is InChI=1S/C34H69NO4/c1-3-5-7-9-11-13-14-15-16-17-18-19-20-21-23-24-26-28-32(37)31(30-36)35-34(39)33(38)29-27-25-22-12-10-8-6-4-2/h31-33,36-38H,3-30H2,1-2H3,(H,35,39). The summed E-state index contributed by atoms with van der Waals surface area (Å²) in [5.41, 5.74) is 0. The molecule has 0 aromatic carbocycles. The van der Waals surface area contributed by atoms with Gasteiger partial charge in [-0.25, -0.2) is 0 Å². The number of carbonyl (C=O) groups is 1. The van der Waals surface area contributed by atoms with Gasteiger partial charge in [-0.05, 0) is 12.8 Å². The van der Waals surface area contributed by atoms with Crippen LogP contribution in [-0.4, -0.2) is 46.1 Å². The van der Waals surface area contributed by atoms with E-state index in [4.69, 9.17) is 0 Å². The zero-order chi connectivity index (χ0) is 28.8. The lowest BCUT2D eigenvalue weighted by molar-refractivity contribution is -0.131. The Hall–Kier alpha value is -0.650. The Kier molecular flexibility index (Phi) is 29.8. The molecule has 0 saturated heterocycles. The minimum atomic E-state index is -1.06. The summed E-state index contributed by atoms with van der Waals surface area (Å²) in [5, 5.41) is 32.9. The molecule has 0 fully saturated rings. The average Bonchev–Trinajstić information content (AvgIpc) is 2.94. The molecule has 1 amide bonds. The number of carbonyl (C=O) groups excluding carboxylic acids is 1. The lowest BCUT2D eigenvalue weighted by atomic mass is 10.0. The minimum absolute atomic E-state index is 0.309. The number of rotatable bonds is 31. The van der Waals surface area contributed by atoms with E-state index in [1.165, 1.54) is 128 Å². The molecule has 5 heteroatoms. The van der Waals surface area contributed by atoms with Gasteiger partial charge in [-0.1, -0.05) is 174 Å². The number of hydrogen-bond acceptors (Lipinski definition) is 4. The van der Waals surface area contributed by atoms with E-state index in [-0.39, 0.29) is 6.61 Å². The largest absolute Gasteiger partial charge is 0.394 e. The third kappa shape index (κ3) is 26.0. The van der Waals surface area contributed by atoms with Crippen LogP contribution in [0.4, 0.5) is 0 Å². The van der Waals surface area contributed by atoms with Gasteiger partial charge < -0.3 is 20.6 Å². The van der Waals surface area contributed by atoms with Crippen LogP contribution in [0.15, 0.2) is 0 Å². The molecule has 5 nitrogen and oxygen atoms in total. The van der Waals surface area contributed by atoms with E-state index in [2.05, 4.69) is 19.2 Å². The van der Waals surface area contributed by atoms with Gasteiger partial charge in [-0.15, -0.1) is 0 Å². The lowest BCUT2D eigenvalue weighted by Gasteiger charge is -2.23. The molecule has 3 atom stereocenters. The van der Waals surface area contributed by atoms with Crippen LogP contribution in [-0.2, 0) is 4.79 Å². The van der Waals surface area contributed by atoms with Gasteiger partial charge in [0, 0.05) is 0 Å². The second kappa shape index (κ2) is 30.3. The minimum Gasteiger partial charge on any atom is -0.394 e. The monoisotopic (exact) mass is 556 g/mol. The zero-order valence-corrected chi connectivity index (χ0v) is 26.3. The first kappa shape index (κ1) is 38.4. The highest BCUT2D eigenvalue weighted by Gasteiger charge is 2.23. The summed E-state index contributed by atoms with van der Waals surface area (Å²) in [5.74, 6) is -0.474. The van der Waals surface area contributed by atoms with Gasteiger partial charge in [0.05, 0.1) is 18.8 Å². The molecule has 0 bridgehead atoms. The maximum absolute atomic E-state index is 12.3. The highest BCUT2D eigenvalue weighted by molar-refractivity contribution is 5.80. The summed E-state index contributed by atoms with van der Waals surface area (Å²) >= 11 is 0. The maximum Gasteiger partial charge on any atom is 0.249 e. The van der Waals surface area contributed by atoms with Crippen molar-refractivity contribution in [3.05, 3.63) is 0 Å². The Morgan fingerprint density at radius 3 is 1.15 bits per heavy atom. The normalized spacial score (nSPS) is 13.9. The summed E-state index contributed by atoms with van der Waals surface area (Å²) < 4.78 is 0. The molecule has 4 N–H and O–H groups in total. The second-order valence-corrected chi connectivity index (χ2v) is 12.1. The van der Waals surface area contributed by atoms with E-state index >= 15 is 0 Å². The fraction of sp³-hybridized carbons (Fsp3) is 0.971. The molecule has 0 radical (unpaired) electrons. The Morgan fingerprint density at radius 1 is 0.513 bits per heavy atom. The van der Waals surface area contributed by atoms with Crippen molar-refractivity contribution < 1.29 is 20.1 Å². The zero-order valence-electron chi connectivity index (χ0n) is 26.3. The Bertz CT molecular complexity index is 502. The number of amides is 1. The lowest BCUT2D eigenvalue weighted by Crippen LogP contribution is -2.49. The number of hydrogen-bond donors (Lipinski definition) is 4. The molecule has 0 aliphatic heterocycles. The predicted molar refractivity (Wildman–Crippen MR) is 167 cm³/mol. The van der Waals surface area contributed by atoms with Crippen LogP contribution >= 0.6 is 0 Å². The number of aliphatic hydroxyl groups excluding tert-OH is 3. The number of aliphatic hydroxyl groups is 3. The van der Waals surface area contributed by atoms with E-state index in [0.29, 0.717) is 12.8 Å². The van der Waals surface area contributed by atoms with E-state index in [1.807, 2.05) is 0 Å². The fourth-order valence-electron chi connectivity index (χ4n) is 5.42. The average molecular weight is 556 g/mol. The summed E-state index contributed by atoms with van der Waals surface area (Å²) in [7, 11) is 0. The third-order valence-corrected chi connectivity index (χ3v) is 8.23. The van der Waals surface area contributed by atoms with Crippen molar-refractivity contribution in [2.75, 3.05) is 6.61 Å². The van der Waals surface area contributed by atoms with E-state index < -0.39 is 24.2 Å². The van der Waals surface area contributed by atoms with Gasteiger partial charge in [0.15, 0.2) is 0 Å². The molecular weight excluding hydrogens is 486 g/mol. The van der Waals surface area contributed by atoms with Gasteiger partial charge in [-0.3, -0.25) is 4.79 Å². The van der Waals surface area contributed by atoms with E-state index in [9.17, 15) is 20.1 Å². The van der Waals surface area contributed by atoms with Crippen molar-refractivity contribution >= 4 is 5.91 Å². The Labute approximate surface area is 243 Å². The molecule has 0 aliphatic rings. The molecule has 0 heterocycles. The molecule has 0 spiro atoms. The van der Waals surface area contributed by atoms with Crippen LogP contribution in [0.3, 0.4) is 0 Å². The molecule has 0 aromatic heterocycles. The first-order chi connectivity index (χ1) is 19.1. The predicted octanol–water partition coefficient (Wildman–Crippen LogP) is 8.76. The fourth-order valence-corrected chi connectivity index (χ4v) is 5.42. The van der Waals surface area contributed by atoms with Crippen LogP contribution in [0.1, 0.15) is 187 Å². The summed E-state index contributed by atoms with van der Waals surface area (Å²) in [6.07, 6.45) is 30.9. The molecule has 0 aromatic rings. The van der Waals surface area contributed by atoms with Gasteiger partial charge >= 0.3 is 0 Å². The summed E-state index contributed by atoms with van der Waals surface area (Å²) in [4.78, 5) is 12.3. The molecule has 0 aliphatic carbocycles. The van der Waals surface area contributed by atoms with Crippen LogP contribution in [0, 0.1) is 0 Å².